The number of carbonyl (C=O) groups excluding carboxylic acids is 2. The van der Waals surface area contributed by atoms with Crippen LogP contribution in [0.5, 0.6) is 0 Å². The lowest BCUT2D eigenvalue weighted by atomic mass is 10.2. The molecule has 0 bridgehead atoms. The number of benzene rings is 2. The van der Waals surface area contributed by atoms with E-state index >= 15 is 0 Å². The number of esters is 1. The summed E-state index contributed by atoms with van der Waals surface area (Å²) in [5, 5.41) is 3.34. The fraction of sp³-hybridized carbons (Fsp3) is 0.300. The van der Waals surface area contributed by atoms with Crippen molar-refractivity contribution in [3.8, 4) is 0 Å². The molecule has 0 spiro atoms. The molecule has 28 heavy (non-hydrogen) atoms. The summed E-state index contributed by atoms with van der Waals surface area (Å²) in [4.78, 5) is 26.3. The number of ether oxygens (including phenoxy) is 2. The van der Waals surface area contributed by atoms with Crippen LogP contribution >= 0.6 is 23.2 Å². The zero-order valence-electron chi connectivity index (χ0n) is 15.1. The smallest absolute Gasteiger partial charge is 0.338 e. The van der Waals surface area contributed by atoms with Gasteiger partial charge < -0.3 is 14.8 Å². The van der Waals surface area contributed by atoms with Crippen molar-refractivity contribution in [3.63, 3.8) is 0 Å². The van der Waals surface area contributed by atoms with Gasteiger partial charge in [-0.2, -0.15) is 0 Å². The van der Waals surface area contributed by atoms with Crippen molar-refractivity contribution in [3.05, 3.63) is 63.6 Å². The van der Waals surface area contributed by atoms with Crippen molar-refractivity contribution in [2.24, 2.45) is 0 Å². The number of halogens is 2. The SMILES string of the molecule is O=C(COC(=O)c1cc(Cl)cc(Cl)c1)Nc1ccc(CN2CCOCC2)cc1. The van der Waals surface area contributed by atoms with E-state index in [9.17, 15) is 9.59 Å². The number of nitrogens with one attached hydrogen (secondary N) is 1. The average molecular weight is 423 g/mol. The van der Waals surface area contributed by atoms with Crippen LogP contribution in [0.3, 0.4) is 0 Å². The van der Waals surface area contributed by atoms with Crippen LogP contribution in [-0.2, 0) is 20.8 Å². The second-order valence-corrected chi connectivity index (χ2v) is 7.24. The average Bonchev–Trinajstić information content (AvgIpc) is 2.68. The Morgan fingerprint density at radius 3 is 2.32 bits per heavy atom. The third-order valence-corrected chi connectivity index (χ3v) is 4.62. The Hall–Kier alpha value is -2.12. The third-order valence-electron chi connectivity index (χ3n) is 4.18. The Kier molecular flexibility index (Phi) is 7.28. The lowest BCUT2D eigenvalue weighted by molar-refractivity contribution is -0.119. The molecule has 1 aliphatic heterocycles. The van der Waals surface area contributed by atoms with Gasteiger partial charge in [0.1, 0.15) is 0 Å². The molecule has 1 amide bonds. The normalized spacial score (nSPS) is 14.5. The van der Waals surface area contributed by atoms with Crippen molar-refractivity contribution >= 4 is 40.8 Å². The maximum atomic E-state index is 12.0. The van der Waals surface area contributed by atoms with Crippen molar-refractivity contribution in [1.29, 1.82) is 0 Å². The summed E-state index contributed by atoms with van der Waals surface area (Å²) in [6.45, 7) is 3.79. The summed E-state index contributed by atoms with van der Waals surface area (Å²) in [5.74, 6) is -1.09. The molecule has 2 aromatic rings. The van der Waals surface area contributed by atoms with E-state index in [-0.39, 0.29) is 5.56 Å². The fourth-order valence-electron chi connectivity index (χ4n) is 2.79. The minimum Gasteiger partial charge on any atom is -0.452 e. The van der Waals surface area contributed by atoms with E-state index in [0.29, 0.717) is 15.7 Å². The highest BCUT2D eigenvalue weighted by Crippen LogP contribution is 2.19. The second kappa shape index (κ2) is 9.89. The number of rotatable bonds is 6. The number of morpholine rings is 1. The third kappa shape index (κ3) is 6.21. The van der Waals surface area contributed by atoms with Gasteiger partial charge in [-0.3, -0.25) is 9.69 Å². The van der Waals surface area contributed by atoms with Gasteiger partial charge in [0.15, 0.2) is 6.61 Å². The maximum absolute atomic E-state index is 12.0. The van der Waals surface area contributed by atoms with E-state index in [0.717, 1.165) is 38.4 Å². The monoisotopic (exact) mass is 422 g/mol. The fourth-order valence-corrected chi connectivity index (χ4v) is 3.32. The van der Waals surface area contributed by atoms with E-state index in [1.54, 1.807) is 0 Å². The van der Waals surface area contributed by atoms with Gasteiger partial charge in [0, 0.05) is 35.4 Å². The molecule has 0 aromatic heterocycles. The Morgan fingerprint density at radius 2 is 1.68 bits per heavy atom. The van der Waals surface area contributed by atoms with Gasteiger partial charge in [-0.05, 0) is 35.9 Å². The summed E-state index contributed by atoms with van der Waals surface area (Å²) in [6, 6.07) is 12.0. The second-order valence-electron chi connectivity index (χ2n) is 6.37. The summed E-state index contributed by atoms with van der Waals surface area (Å²) in [5.41, 5.74) is 1.99. The molecular formula is C20H20Cl2N2O4. The van der Waals surface area contributed by atoms with Crippen molar-refractivity contribution in [2.75, 3.05) is 38.2 Å². The highest BCUT2D eigenvalue weighted by atomic mass is 35.5. The molecule has 0 radical (unpaired) electrons. The van der Waals surface area contributed by atoms with Gasteiger partial charge in [0.2, 0.25) is 0 Å². The Bertz CT molecular complexity index is 816. The van der Waals surface area contributed by atoms with Crippen LogP contribution < -0.4 is 5.32 Å². The van der Waals surface area contributed by atoms with Gasteiger partial charge in [0.05, 0.1) is 18.8 Å². The zero-order valence-corrected chi connectivity index (χ0v) is 16.6. The summed E-state index contributed by atoms with van der Waals surface area (Å²) >= 11 is 11.7. The molecule has 0 unspecified atom stereocenters. The number of carbonyl (C=O) groups is 2. The molecule has 1 N–H and O–H groups in total. The Labute approximate surface area is 173 Å². The summed E-state index contributed by atoms with van der Waals surface area (Å²) < 4.78 is 10.4. The first-order chi connectivity index (χ1) is 13.5. The summed E-state index contributed by atoms with van der Waals surface area (Å²) in [7, 11) is 0. The zero-order chi connectivity index (χ0) is 19.9. The number of amides is 1. The molecule has 2 aromatic carbocycles. The number of anilines is 1. The van der Waals surface area contributed by atoms with E-state index in [2.05, 4.69) is 10.2 Å². The van der Waals surface area contributed by atoms with E-state index in [1.807, 2.05) is 24.3 Å². The minimum absolute atomic E-state index is 0.192. The Balaban J connectivity index is 1.47. The molecule has 1 saturated heterocycles. The molecule has 1 aliphatic rings. The molecule has 0 atom stereocenters. The maximum Gasteiger partial charge on any atom is 0.338 e. The van der Waals surface area contributed by atoms with Crippen LogP contribution in [0.25, 0.3) is 0 Å². The highest BCUT2D eigenvalue weighted by molar-refractivity contribution is 6.35. The molecule has 0 saturated carbocycles. The van der Waals surface area contributed by atoms with E-state index < -0.39 is 18.5 Å². The van der Waals surface area contributed by atoms with E-state index in [1.165, 1.54) is 18.2 Å². The van der Waals surface area contributed by atoms with Gasteiger partial charge >= 0.3 is 5.97 Å². The van der Waals surface area contributed by atoms with Crippen molar-refractivity contribution < 1.29 is 19.1 Å². The number of nitrogens with zero attached hydrogens (tertiary/aromatic N) is 1. The molecule has 1 heterocycles. The largest absolute Gasteiger partial charge is 0.452 e. The van der Waals surface area contributed by atoms with E-state index in [4.69, 9.17) is 32.7 Å². The first-order valence-electron chi connectivity index (χ1n) is 8.82. The molecule has 3 rings (SSSR count). The molecule has 8 heteroatoms. The molecular weight excluding hydrogens is 403 g/mol. The minimum atomic E-state index is -0.666. The predicted octanol–water partition coefficient (Wildman–Crippen LogP) is 3.62. The predicted molar refractivity (Wildman–Crippen MR) is 108 cm³/mol. The van der Waals surface area contributed by atoms with Gasteiger partial charge in [0.25, 0.3) is 5.91 Å². The quantitative estimate of drug-likeness (QED) is 0.719. The Morgan fingerprint density at radius 1 is 1.04 bits per heavy atom. The molecule has 148 valence electrons. The molecule has 6 nitrogen and oxygen atoms in total. The standard InChI is InChI=1S/C20H20Cl2N2O4/c21-16-9-15(10-17(22)11-16)20(26)28-13-19(25)23-18-3-1-14(2-4-18)12-24-5-7-27-8-6-24/h1-4,9-11H,5-8,12-13H2,(H,23,25). The number of hydrogen-bond donors (Lipinski definition) is 1. The summed E-state index contributed by atoms with van der Waals surface area (Å²) in [6.07, 6.45) is 0. The lowest BCUT2D eigenvalue weighted by Crippen LogP contribution is -2.35. The van der Waals surface area contributed by atoms with Crippen LogP contribution in [0, 0.1) is 0 Å². The first kappa shape index (κ1) is 20.6. The first-order valence-corrected chi connectivity index (χ1v) is 9.57. The molecule has 1 fully saturated rings. The molecule has 0 aliphatic carbocycles. The van der Waals surface area contributed by atoms with Gasteiger partial charge in [-0.1, -0.05) is 35.3 Å². The van der Waals surface area contributed by atoms with Crippen molar-refractivity contribution in [1.82, 2.24) is 4.90 Å². The highest BCUT2D eigenvalue weighted by Gasteiger charge is 2.13. The van der Waals surface area contributed by atoms with Crippen LogP contribution in [0.2, 0.25) is 10.0 Å². The van der Waals surface area contributed by atoms with Crippen molar-refractivity contribution in [2.45, 2.75) is 6.54 Å². The van der Waals surface area contributed by atoms with Crippen LogP contribution in [0.15, 0.2) is 42.5 Å². The topological polar surface area (TPSA) is 67.9 Å². The van der Waals surface area contributed by atoms with Crippen LogP contribution in [0.1, 0.15) is 15.9 Å². The van der Waals surface area contributed by atoms with Crippen LogP contribution in [0.4, 0.5) is 5.69 Å². The lowest BCUT2D eigenvalue weighted by Gasteiger charge is -2.26. The van der Waals surface area contributed by atoms with Crippen LogP contribution in [-0.4, -0.2) is 49.7 Å². The van der Waals surface area contributed by atoms with Gasteiger partial charge in [-0.25, -0.2) is 4.79 Å². The van der Waals surface area contributed by atoms with Gasteiger partial charge in [-0.15, -0.1) is 0 Å². The number of hydrogen-bond acceptors (Lipinski definition) is 5.